The lowest BCUT2D eigenvalue weighted by molar-refractivity contribution is 0.414. The fourth-order valence-corrected chi connectivity index (χ4v) is 1.97. The van der Waals surface area contributed by atoms with Crippen LogP contribution in [-0.4, -0.2) is 18.6 Å². The molecule has 0 saturated carbocycles. The van der Waals surface area contributed by atoms with Crippen molar-refractivity contribution in [1.82, 2.24) is 5.32 Å². The predicted octanol–water partition coefficient (Wildman–Crippen LogP) is 3.38. The van der Waals surface area contributed by atoms with Crippen LogP contribution in [0.5, 0.6) is 0 Å². The van der Waals surface area contributed by atoms with E-state index >= 15 is 0 Å². The van der Waals surface area contributed by atoms with Crippen molar-refractivity contribution in [2.45, 2.75) is 32.7 Å². The first-order valence-corrected chi connectivity index (χ1v) is 6.92. The molecule has 1 aromatic rings. The molecule has 0 radical (unpaired) electrons. The van der Waals surface area contributed by atoms with Gasteiger partial charge >= 0.3 is 0 Å². The maximum Gasteiger partial charge on any atom is 0.120 e. The van der Waals surface area contributed by atoms with Gasteiger partial charge in [-0.05, 0) is 57.4 Å². The Morgan fingerprint density at radius 3 is 2.80 bits per heavy atom. The molecule has 0 aliphatic carbocycles. The Morgan fingerprint density at radius 2 is 2.20 bits per heavy atom. The third-order valence-electron chi connectivity index (χ3n) is 2.41. The molecule has 0 bridgehead atoms. The van der Waals surface area contributed by atoms with E-state index in [1.54, 1.807) is 0 Å². The Hall–Kier alpha value is -0.410. The molecule has 1 atom stereocenters. The van der Waals surface area contributed by atoms with Gasteiger partial charge in [0.05, 0.1) is 6.04 Å². The van der Waals surface area contributed by atoms with E-state index in [-0.39, 0.29) is 0 Å². The molecule has 1 N–H and O–H groups in total. The molecular formula is C12H21NOS. The van der Waals surface area contributed by atoms with E-state index in [0.29, 0.717) is 6.04 Å². The summed E-state index contributed by atoms with van der Waals surface area (Å²) in [5.74, 6) is 3.29. The van der Waals surface area contributed by atoms with Gasteiger partial charge in [-0.2, -0.15) is 11.8 Å². The topological polar surface area (TPSA) is 25.2 Å². The second kappa shape index (κ2) is 6.96. The summed E-state index contributed by atoms with van der Waals surface area (Å²) in [6.45, 7) is 5.20. The van der Waals surface area contributed by atoms with Crippen molar-refractivity contribution in [3.05, 3.63) is 23.7 Å². The van der Waals surface area contributed by atoms with Gasteiger partial charge < -0.3 is 9.73 Å². The smallest absolute Gasteiger partial charge is 0.120 e. The van der Waals surface area contributed by atoms with Crippen LogP contribution in [0.4, 0.5) is 0 Å². The summed E-state index contributed by atoms with van der Waals surface area (Å²) < 4.78 is 5.56. The van der Waals surface area contributed by atoms with E-state index < -0.39 is 0 Å². The maximum atomic E-state index is 5.56. The van der Waals surface area contributed by atoms with Crippen molar-refractivity contribution < 1.29 is 4.42 Å². The average Bonchev–Trinajstić information content (AvgIpc) is 2.64. The number of hydrogen-bond acceptors (Lipinski definition) is 3. The van der Waals surface area contributed by atoms with Crippen LogP contribution in [0.2, 0.25) is 0 Å². The van der Waals surface area contributed by atoms with Crippen LogP contribution in [0.15, 0.2) is 16.5 Å². The van der Waals surface area contributed by atoms with Gasteiger partial charge in [-0.15, -0.1) is 0 Å². The largest absolute Gasteiger partial charge is 0.465 e. The van der Waals surface area contributed by atoms with Crippen LogP contribution < -0.4 is 5.32 Å². The van der Waals surface area contributed by atoms with Crippen LogP contribution in [0.1, 0.15) is 37.3 Å². The molecule has 0 spiro atoms. The first-order valence-electron chi connectivity index (χ1n) is 5.52. The van der Waals surface area contributed by atoms with Crippen molar-refractivity contribution >= 4 is 11.8 Å². The third kappa shape index (κ3) is 4.76. The predicted molar refractivity (Wildman–Crippen MR) is 67.5 cm³/mol. The Kier molecular flexibility index (Phi) is 5.88. The minimum Gasteiger partial charge on any atom is -0.465 e. The molecule has 0 fully saturated rings. The summed E-state index contributed by atoms with van der Waals surface area (Å²) >= 11 is 1.91. The van der Waals surface area contributed by atoms with Gasteiger partial charge in [0.15, 0.2) is 0 Å². The molecule has 1 rings (SSSR count). The van der Waals surface area contributed by atoms with Crippen LogP contribution in [-0.2, 0) is 0 Å². The van der Waals surface area contributed by atoms with Crippen LogP contribution >= 0.6 is 11.8 Å². The van der Waals surface area contributed by atoms with Crippen molar-refractivity contribution in [3.8, 4) is 0 Å². The number of furan rings is 1. The molecule has 1 unspecified atom stereocenters. The van der Waals surface area contributed by atoms with Crippen LogP contribution in [0, 0.1) is 6.92 Å². The quantitative estimate of drug-likeness (QED) is 0.723. The lowest BCUT2D eigenvalue weighted by atomic mass is 10.2. The van der Waals surface area contributed by atoms with Gasteiger partial charge in [-0.3, -0.25) is 0 Å². The molecule has 1 aromatic heterocycles. The van der Waals surface area contributed by atoms with Crippen molar-refractivity contribution in [1.29, 1.82) is 0 Å². The standard InChI is InChI=1S/C12H21NOS/c1-10-6-7-12(14-10)11(2)13-8-4-5-9-15-3/h6-7,11,13H,4-5,8-9H2,1-3H3. The molecule has 0 aliphatic heterocycles. The summed E-state index contributed by atoms with van der Waals surface area (Å²) in [4.78, 5) is 0. The third-order valence-corrected chi connectivity index (χ3v) is 3.11. The van der Waals surface area contributed by atoms with E-state index in [9.17, 15) is 0 Å². The minimum absolute atomic E-state index is 0.327. The van der Waals surface area contributed by atoms with Crippen molar-refractivity contribution in [2.24, 2.45) is 0 Å². The minimum atomic E-state index is 0.327. The summed E-state index contributed by atoms with van der Waals surface area (Å²) in [7, 11) is 0. The molecule has 15 heavy (non-hydrogen) atoms. The lowest BCUT2D eigenvalue weighted by Crippen LogP contribution is -2.19. The molecule has 0 aliphatic rings. The number of nitrogens with one attached hydrogen (secondary N) is 1. The highest BCUT2D eigenvalue weighted by Crippen LogP contribution is 2.15. The first kappa shape index (κ1) is 12.7. The molecule has 1 heterocycles. The molecule has 0 saturated heterocycles. The Balaban J connectivity index is 2.16. The Morgan fingerprint density at radius 1 is 1.40 bits per heavy atom. The highest BCUT2D eigenvalue weighted by atomic mass is 32.2. The van der Waals surface area contributed by atoms with Crippen LogP contribution in [0.25, 0.3) is 0 Å². The molecule has 0 amide bonds. The van der Waals surface area contributed by atoms with E-state index in [4.69, 9.17) is 4.42 Å². The highest BCUT2D eigenvalue weighted by Gasteiger charge is 2.07. The maximum absolute atomic E-state index is 5.56. The number of rotatable bonds is 7. The zero-order valence-electron chi connectivity index (χ0n) is 9.88. The molecule has 3 heteroatoms. The SMILES string of the molecule is CSCCCCNC(C)c1ccc(C)o1. The van der Waals surface area contributed by atoms with Crippen LogP contribution in [0.3, 0.4) is 0 Å². The van der Waals surface area contributed by atoms with E-state index in [1.807, 2.05) is 24.8 Å². The zero-order chi connectivity index (χ0) is 11.1. The number of hydrogen-bond donors (Lipinski definition) is 1. The fourth-order valence-electron chi connectivity index (χ4n) is 1.48. The summed E-state index contributed by atoms with van der Waals surface area (Å²) in [6.07, 6.45) is 4.69. The lowest BCUT2D eigenvalue weighted by Gasteiger charge is -2.10. The average molecular weight is 227 g/mol. The van der Waals surface area contributed by atoms with Gasteiger partial charge in [0, 0.05) is 0 Å². The number of aryl methyl sites for hydroxylation is 1. The molecule has 86 valence electrons. The molecule has 2 nitrogen and oxygen atoms in total. The Labute approximate surface area is 96.8 Å². The monoisotopic (exact) mass is 227 g/mol. The number of unbranched alkanes of at least 4 members (excludes halogenated alkanes) is 1. The van der Waals surface area contributed by atoms with E-state index in [0.717, 1.165) is 18.1 Å². The molecule has 0 aromatic carbocycles. The number of thioether (sulfide) groups is 1. The van der Waals surface area contributed by atoms with E-state index in [1.165, 1.54) is 18.6 Å². The van der Waals surface area contributed by atoms with Gasteiger partial charge in [-0.25, -0.2) is 0 Å². The van der Waals surface area contributed by atoms with Gasteiger partial charge in [0.2, 0.25) is 0 Å². The van der Waals surface area contributed by atoms with Gasteiger partial charge in [0.25, 0.3) is 0 Å². The second-order valence-corrected chi connectivity index (χ2v) is 4.81. The first-order chi connectivity index (χ1) is 7.24. The zero-order valence-corrected chi connectivity index (χ0v) is 10.7. The molecular weight excluding hydrogens is 206 g/mol. The second-order valence-electron chi connectivity index (χ2n) is 3.82. The summed E-state index contributed by atoms with van der Waals surface area (Å²) in [6, 6.07) is 4.39. The van der Waals surface area contributed by atoms with Gasteiger partial charge in [0.1, 0.15) is 11.5 Å². The fraction of sp³-hybridized carbons (Fsp3) is 0.667. The van der Waals surface area contributed by atoms with Crippen molar-refractivity contribution in [3.63, 3.8) is 0 Å². The Bertz CT molecular complexity index is 272. The van der Waals surface area contributed by atoms with E-state index in [2.05, 4.69) is 24.6 Å². The summed E-state index contributed by atoms with van der Waals surface area (Å²) in [5.41, 5.74) is 0. The normalized spacial score (nSPS) is 13.0. The van der Waals surface area contributed by atoms with Gasteiger partial charge in [-0.1, -0.05) is 0 Å². The highest BCUT2D eigenvalue weighted by molar-refractivity contribution is 7.98. The van der Waals surface area contributed by atoms with Crippen molar-refractivity contribution in [2.75, 3.05) is 18.6 Å². The summed E-state index contributed by atoms with van der Waals surface area (Å²) in [5, 5.41) is 3.47.